The highest BCUT2D eigenvalue weighted by Gasteiger charge is 2.32. The summed E-state index contributed by atoms with van der Waals surface area (Å²) in [5, 5.41) is 4.66. The van der Waals surface area contributed by atoms with Crippen molar-refractivity contribution in [1.82, 2.24) is 4.98 Å². The molecule has 1 aromatic heterocycles. The van der Waals surface area contributed by atoms with Crippen molar-refractivity contribution in [2.75, 3.05) is 29.1 Å². The van der Waals surface area contributed by atoms with Crippen LogP contribution in [0.1, 0.15) is 24.1 Å². The highest BCUT2D eigenvalue weighted by molar-refractivity contribution is 8.01. The summed E-state index contributed by atoms with van der Waals surface area (Å²) in [4.78, 5) is 18.4. The van der Waals surface area contributed by atoms with Gasteiger partial charge in [-0.3, -0.25) is 4.79 Å². The topological polar surface area (TPSA) is 45.2 Å². The highest BCUT2D eigenvalue weighted by atomic mass is 32.2. The SMILES string of the molecule is Cc1csc(SCC(=O)Nc2ccc(C(F)(F)F)cc2N2CCCC2)n1. The molecule has 1 saturated heterocycles. The van der Waals surface area contributed by atoms with E-state index in [9.17, 15) is 18.0 Å². The van der Waals surface area contributed by atoms with Crippen molar-refractivity contribution in [3.8, 4) is 0 Å². The molecule has 0 atom stereocenters. The molecule has 0 spiro atoms. The summed E-state index contributed by atoms with van der Waals surface area (Å²) in [5.74, 6) is -0.101. The smallest absolute Gasteiger partial charge is 0.370 e. The normalized spacial score (nSPS) is 14.7. The van der Waals surface area contributed by atoms with Crippen LogP contribution in [0.2, 0.25) is 0 Å². The predicted molar refractivity (Wildman–Crippen MR) is 99.1 cm³/mol. The number of thiazole rings is 1. The van der Waals surface area contributed by atoms with Crippen LogP contribution in [0.4, 0.5) is 24.5 Å². The van der Waals surface area contributed by atoms with Crippen molar-refractivity contribution < 1.29 is 18.0 Å². The summed E-state index contributed by atoms with van der Waals surface area (Å²) < 4.78 is 39.9. The Hall–Kier alpha value is -1.74. The van der Waals surface area contributed by atoms with Crippen LogP contribution < -0.4 is 10.2 Å². The number of aromatic nitrogens is 1. The number of alkyl halides is 3. The minimum atomic E-state index is -4.41. The maximum absolute atomic E-state index is 13.0. The molecule has 0 radical (unpaired) electrons. The number of aryl methyl sites for hydroxylation is 1. The van der Waals surface area contributed by atoms with E-state index in [0.717, 1.165) is 35.0 Å². The summed E-state index contributed by atoms with van der Waals surface area (Å²) in [6, 6.07) is 3.47. The number of carbonyl (C=O) groups is 1. The van der Waals surface area contributed by atoms with Gasteiger partial charge in [0.15, 0.2) is 4.34 Å². The number of nitrogens with zero attached hydrogens (tertiary/aromatic N) is 2. The molecule has 0 bridgehead atoms. The fourth-order valence-electron chi connectivity index (χ4n) is 2.75. The third kappa shape index (κ3) is 4.70. The van der Waals surface area contributed by atoms with Crippen molar-refractivity contribution in [1.29, 1.82) is 0 Å². The van der Waals surface area contributed by atoms with Crippen LogP contribution in [0, 0.1) is 6.92 Å². The van der Waals surface area contributed by atoms with Gasteiger partial charge in [0.05, 0.1) is 22.7 Å². The lowest BCUT2D eigenvalue weighted by Gasteiger charge is -2.23. The summed E-state index contributed by atoms with van der Waals surface area (Å²) in [6.07, 6.45) is -2.54. The van der Waals surface area contributed by atoms with Crippen molar-refractivity contribution >= 4 is 40.4 Å². The molecule has 0 saturated carbocycles. The summed E-state index contributed by atoms with van der Waals surface area (Å²) in [6.45, 7) is 3.26. The first-order valence-electron chi connectivity index (χ1n) is 8.14. The standard InChI is InChI=1S/C17H18F3N3OS2/c1-11-9-25-16(21-11)26-10-15(24)22-13-5-4-12(17(18,19)20)8-14(13)23-6-2-3-7-23/h4-5,8-9H,2-3,6-7,10H2,1H3,(H,22,24). The monoisotopic (exact) mass is 401 g/mol. The molecule has 1 N–H and O–H groups in total. The summed E-state index contributed by atoms with van der Waals surface area (Å²) in [5.41, 5.74) is 1.04. The Labute approximate surface area is 157 Å². The zero-order valence-corrected chi connectivity index (χ0v) is 15.7. The Morgan fingerprint density at radius 2 is 2.08 bits per heavy atom. The van der Waals surface area contributed by atoms with Crippen LogP contribution in [0.15, 0.2) is 27.9 Å². The van der Waals surface area contributed by atoms with Gasteiger partial charge in [0.1, 0.15) is 0 Å². The minimum Gasteiger partial charge on any atom is -0.370 e. The molecule has 0 unspecified atom stereocenters. The maximum atomic E-state index is 13.0. The van der Waals surface area contributed by atoms with Gasteiger partial charge in [-0.25, -0.2) is 4.98 Å². The first-order chi connectivity index (χ1) is 12.3. The lowest BCUT2D eigenvalue weighted by molar-refractivity contribution is -0.137. The number of carbonyl (C=O) groups excluding carboxylic acids is 1. The number of halogens is 3. The van der Waals surface area contributed by atoms with Gasteiger partial charge in [-0.1, -0.05) is 11.8 Å². The van der Waals surface area contributed by atoms with Crippen LogP contribution in [0.3, 0.4) is 0 Å². The second kappa shape index (κ2) is 7.87. The molecule has 0 aliphatic carbocycles. The lowest BCUT2D eigenvalue weighted by atomic mass is 10.1. The number of benzene rings is 1. The zero-order chi connectivity index (χ0) is 18.7. The molecule has 1 aromatic carbocycles. The van der Waals surface area contributed by atoms with Gasteiger partial charge >= 0.3 is 6.18 Å². The second-order valence-corrected chi connectivity index (χ2v) is 8.10. The van der Waals surface area contributed by atoms with Gasteiger partial charge in [-0.05, 0) is 38.0 Å². The van der Waals surface area contributed by atoms with E-state index < -0.39 is 11.7 Å². The largest absolute Gasteiger partial charge is 0.416 e. The molecule has 140 valence electrons. The Kier molecular flexibility index (Phi) is 5.76. The number of rotatable bonds is 5. The molecule has 9 heteroatoms. The van der Waals surface area contributed by atoms with Crippen molar-refractivity contribution in [2.45, 2.75) is 30.3 Å². The average molecular weight is 401 g/mol. The van der Waals surface area contributed by atoms with E-state index in [4.69, 9.17) is 0 Å². The maximum Gasteiger partial charge on any atom is 0.416 e. The Bertz CT molecular complexity index is 786. The number of thioether (sulfide) groups is 1. The fourth-order valence-corrected chi connectivity index (χ4v) is 4.39. The number of nitrogens with one attached hydrogen (secondary N) is 1. The first kappa shape index (κ1) is 19.0. The molecule has 1 aliphatic rings. The molecule has 4 nitrogen and oxygen atoms in total. The lowest BCUT2D eigenvalue weighted by Crippen LogP contribution is -2.22. The average Bonchev–Trinajstić information content (AvgIpc) is 3.24. The number of hydrogen-bond acceptors (Lipinski definition) is 5. The second-order valence-electron chi connectivity index (χ2n) is 6.02. The van der Waals surface area contributed by atoms with E-state index in [0.29, 0.717) is 24.5 Å². The van der Waals surface area contributed by atoms with E-state index in [-0.39, 0.29) is 11.7 Å². The van der Waals surface area contributed by atoms with Gasteiger partial charge < -0.3 is 10.2 Å². The molecule has 2 heterocycles. The number of anilines is 2. The number of amides is 1. The third-order valence-corrected chi connectivity index (χ3v) is 6.11. The molecular formula is C17H18F3N3OS2. The molecule has 3 rings (SSSR count). The summed E-state index contributed by atoms with van der Waals surface area (Å²) in [7, 11) is 0. The van der Waals surface area contributed by atoms with Gasteiger partial charge in [0.25, 0.3) is 0 Å². The van der Waals surface area contributed by atoms with Gasteiger partial charge in [-0.2, -0.15) is 13.2 Å². The fraction of sp³-hybridized carbons (Fsp3) is 0.412. The van der Waals surface area contributed by atoms with Crippen LogP contribution in [-0.2, 0) is 11.0 Å². The van der Waals surface area contributed by atoms with Crippen molar-refractivity contribution in [3.05, 3.63) is 34.8 Å². The van der Waals surface area contributed by atoms with E-state index in [1.54, 1.807) is 0 Å². The Balaban J connectivity index is 1.74. The van der Waals surface area contributed by atoms with Crippen molar-refractivity contribution in [2.24, 2.45) is 0 Å². The van der Waals surface area contributed by atoms with Gasteiger partial charge in [0, 0.05) is 24.2 Å². The number of hydrogen-bond donors (Lipinski definition) is 1. The molecule has 26 heavy (non-hydrogen) atoms. The molecule has 2 aromatic rings. The zero-order valence-electron chi connectivity index (χ0n) is 14.1. The molecular weight excluding hydrogens is 383 g/mol. The molecule has 1 amide bonds. The summed E-state index contributed by atoms with van der Waals surface area (Å²) >= 11 is 2.78. The molecule has 1 aliphatic heterocycles. The molecule has 1 fully saturated rings. The van der Waals surface area contributed by atoms with Crippen LogP contribution >= 0.6 is 23.1 Å². The Morgan fingerprint density at radius 1 is 1.35 bits per heavy atom. The van der Waals surface area contributed by atoms with Gasteiger partial charge in [-0.15, -0.1) is 11.3 Å². The van der Waals surface area contributed by atoms with E-state index in [1.807, 2.05) is 17.2 Å². The minimum absolute atomic E-state index is 0.160. The van der Waals surface area contributed by atoms with E-state index in [2.05, 4.69) is 10.3 Å². The quantitative estimate of drug-likeness (QED) is 0.731. The Morgan fingerprint density at radius 3 is 2.69 bits per heavy atom. The highest BCUT2D eigenvalue weighted by Crippen LogP contribution is 2.37. The van der Waals surface area contributed by atoms with Crippen LogP contribution in [0.25, 0.3) is 0 Å². The van der Waals surface area contributed by atoms with E-state index in [1.165, 1.54) is 29.2 Å². The van der Waals surface area contributed by atoms with E-state index >= 15 is 0 Å². The van der Waals surface area contributed by atoms with Crippen LogP contribution in [-0.4, -0.2) is 29.7 Å². The van der Waals surface area contributed by atoms with Crippen LogP contribution in [0.5, 0.6) is 0 Å². The third-order valence-electron chi connectivity index (χ3n) is 3.97. The first-order valence-corrected chi connectivity index (χ1v) is 10.0. The van der Waals surface area contributed by atoms with Crippen molar-refractivity contribution in [3.63, 3.8) is 0 Å². The van der Waals surface area contributed by atoms with Gasteiger partial charge in [0.2, 0.25) is 5.91 Å². The predicted octanol–water partition coefficient (Wildman–Crippen LogP) is 4.80.